The molecule has 3 rings (SSSR count). The lowest BCUT2D eigenvalue weighted by Gasteiger charge is -2.17. The Bertz CT molecular complexity index is 926. The third kappa shape index (κ3) is 5.92. The zero-order valence-electron chi connectivity index (χ0n) is 16.8. The van der Waals surface area contributed by atoms with Crippen molar-refractivity contribution in [3.63, 3.8) is 0 Å². The van der Waals surface area contributed by atoms with E-state index in [1.54, 1.807) is 18.2 Å². The van der Waals surface area contributed by atoms with Crippen LogP contribution in [0.15, 0.2) is 77.5 Å². The molecule has 1 aliphatic rings. The van der Waals surface area contributed by atoms with Crippen LogP contribution in [0.1, 0.15) is 54.1 Å². The zero-order valence-corrected chi connectivity index (χ0v) is 16.8. The van der Waals surface area contributed by atoms with Gasteiger partial charge in [0.1, 0.15) is 6.61 Å². The van der Waals surface area contributed by atoms with Gasteiger partial charge in [0.15, 0.2) is 0 Å². The fourth-order valence-electron chi connectivity index (χ4n) is 3.37. The average Bonchev–Trinajstić information content (AvgIpc) is 2.77. The van der Waals surface area contributed by atoms with Crippen molar-refractivity contribution in [2.75, 3.05) is 6.61 Å². The van der Waals surface area contributed by atoms with Crippen molar-refractivity contribution < 1.29 is 14.7 Å². The van der Waals surface area contributed by atoms with E-state index in [4.69, 9.17) is 4.84 Å². The van der Waals surface area contributed by atoms with Crippen LogP contribution in [0.3, 0.4) is 0 Å². The van der Waals surface area contributed by atoms with Crippen LogP contribution in [0.2, 0.25) is 0 Å². The largest absolute Gasteiger partial charge is 0.478 e. The molecule has 0 fully saturated rings. The van der Waals surface area contributed by atoms with Gasteiger partial charge in [0.25, 0.3) is 0 Å². The van der Waals surface area contributed by atoms with Gasteiger partial charge < -0.3 is 9.94 Å². The number of carbonyl (C=O) groups is 1. The lowest BCUT2D eigenvalue weighted by Crippen LogP contribution is -2.09. The van der Waals surface area contributed by atoms with Crippen molar-refractivity contribution in [1.29, 1.82) is 0 Å². The molecule has 29 heavy (non-hydrogen) atoms. The van der Waals surface area contributed by atoms with Crippen LogP contribution in [0.5, 0.6) is 0 Å². The molecule has 0 aromatic heterocycles. The number of rotatable bonds is 9. The summed E-state index contributed by atoms with van der Waals surface area (Å²) in [6.07, 6.45) is 8.56. The summed E-state index contributed by atoms with van der Waals surface area (Å²) < 4.78 is 0. The SMILES string of the molecule is CCCO/N=C(\CCc1cccc(C(=O)O)c1)C1=CC=C(c2ccccc2)CC1. The van der Waals surface area contributed by atoms with E-state index < -0.39 is 5.97 Å². The summed E-state index contributed by atoms with van der Waals surface area (Å²) in [5.74, 6) is -0.902. The van der Waals surface area contributed by atoms with Crippen LogP contribution >= 0.6 is 0 Å². The molecule has 0 saturated heterocycles. The summed E-state index contributed by atoms with van der Waals surface area (Å²) >= 11 is 0. The summed E-state index contributed by atoms with van der Waals surface area (Å²) in [6, 6.07) is 17.5. The van der Waals surface area contributed by atoms with E-state index in [2.05, 4.69) is 48.5 Å². The highest BCUT2D eigenvalue weighted by atomic mass is 16.6. The second-order valence-electron chi connectivity index (χ2n) is 7.13. The molecule has 4 nitrogen and oxygen atoms in total. The Morgan fingerprint density at radius 3 is 2.59 bits per heavy atom. The Hall–Kier alpha value is -3.14. The summed E-state index contributed by atoms with van der Waals surface area (Å²) in [7, 11) is 0. The van der Waals surface area contributed by atoms with E-state index in [0.29, 0.717) is 18.6 Å². The molecule has 0 radical (unpaired) electrons. The van der Waals surface area contributed by atoms with Crippen molar-refractivity contribution in [2.24, 2.45) is 5.16 Å². The quantitative estimate of drug-likeness (QED) is 0.330. The van der Waals surface area contributed by atoms with E-state index in [1.165, 1.54) is 16.7 Å². The van der Waals surface area contributed by atoms with Crippen molar-refractivity contribution in [3.05, 3.63) is 89.0 Å². The van der Waals surface area contributed by atoms with Crippen LogP contribution in [-0.2, 0) is 11.3 Å². The normalized spacial score (nSPS) is 14.2. The number of aromatic carboxylic acids is 1. The Morgan fingerprint density at radius 1 is 1.07 bits per heavy atom. The van der Waals surface area contributed by atoms with Crippen LogP contribution < -0.4 is 0 Å². The fourth-order valence-corrected chi connectivity index (χ4v) is 3.37. The minimum Gasteiger partial charge on any atom is -0.478 e. The molecule has 1 N–H and O–H groups in total. The molecular weight excluding hydrogens is 362 g/mol. The first-order chi connectivity index (χ1) is 14.2. The van der Waals surface area contributed by atoms with Gasteiger partial charge in [-0.3, -0.25) is 0 Å². The van der Waals surface area contributed by atoms with E-state index in [-0.39, 0.29) is 0 Å². The molecule has 0 spiro atoms. The molecule has 0 aliphatic heterocycles. The highest BCUT2D eigenvalue weighted by molar-refractivity contribution is 6.01. The first-order valence-electron chi connectivity index (χ1n) is 10.1. The topological polar surface area (TPSA) is 58.9 Å². The van der Waals surface area contributed by atoms with Gasteiger partial charge in [0.2, 0.25) is 0 Å². The molecule has 150 valence electrons. The second kappa shape index (κ2) is 10.4. The number of hydrogen-bond donors (Lipinski definition) is 1. The first-order valence-corrected chi connectivity index (χ1v) is 10.1. The Labute approximate surface area is 172 Å². The van der Waals surface area contributed by atoms with Gasteiger partial charge in [-0.1, -0.05) is 66.7 Å². The molecule has 4 heteroatoms. The van der Waals surface area contributed by atoms with Crippen LogP contribution in [-0.4, -0.2) is 23.4 Å². The van der Waals surface area contributed by atoms with Crippen molar-refractivity contribution in [1.82, 2.24) is 0 Å². The number of nitrogens with zero attached hydrogens (tertiary/aromatic N) is 1. The standard InChI is InChI=1S/C25H27NO3/c1-2-17-29-26-24(16-11-19-7-6-10-23(18-19)25(27)28)22-14-12-21(13-15-22)20-8-4-3-5-9-20/h3-10,12,14,18H,2,11,13,15-17H2,1H3,(H,27,28)/b26-24+. The van der Waals surface area contributed by atoms with Gasteiger partial charge in [0.05, 0.1) is 11.3 Å². The third-order valence-corrected chi connectivity index (χ3v) is 4.96. The van der Waals surface area contributed by atoms with Crippen molar-refractivity contribution >= 4 is 17.3 Å². The van der Waals surface area contributed by atoms with Gasteiger partial charge in [-0.2, -0.15) is 0 Å². The number of aryl methyl sites for hydroxylation is 1. The van der Waals surface area contributed by atoms with Gasteiger partial charge in [-0.05, 0) is 66.5 Å². The number of oxime groups is 1. The van der Waals surface area contributed by atoms with Gasteiger partial charge in [-0.15, -0.1) is 0 Å². The predicted molar refractivity (Wildman–Crippen MR) is 117 cm³/mol. The summed E-state index contributed by atoms with van der Waals surface area (Å²) in [5, 5.41) is 13.6. The molecule has 0 amide bonds. The van der Waals surface area contributed by atoms with Crippen LogP contribution in [0.4, 0.5) is 0 Å². The molecule has 0 unspecified atom stereocenters. The first kappa shape index (κ1) is 20.6. The molecule has 1 aliphatic carbocycles. The monoisotopic (exact) mass is 389 g/mol. The third-order valence-electron chi connectivity index (χ3n) is 4.96. The Kier molecular flexibility index (Phi) is 7.40. The van der Waals surface area contributed by atoms with Crippen LogP contribution in [0.25, 0.3) is 5.57 Å². The minimum atomic E-state index is -0.902. The Morgan fingerprint density at radius 2 is 1.90 bits per heavy atom. The minimum absolute atomic E-state index is 0.315. The molecule has 2 aromatic rings. The molecule has 0 heterocycles. The summed E-state index contributed by atoms with van der Waals surface area (Å²) in [4.78, 5) is 16.7. The number of benzene rings is 2. The smallest absolute Gasteiger partial charge is 0.335 e. The van der Waals surface area contributed by atoms with Gasteiger partial charge in [0, 0.05) is 0 Å². The number of carboxylic acids is 1. The lowest BCUT2D eigenvalue weighted by molar-refractivity contribution is 0.0696. The zero-order chi connectivity index (χ0) is 20.5. The predicted octanol–water partition coefficient (Wildman–Crippen LogP) is 5.90. The molecule has 0 atom stereocenters. The van der Waals surface area contributed by atoms with Crippen molar-refractivity contribution in [3.8, 4) is 0 Å². The fraction of sp³-hybridized carbons (Fsp3) is 0.280. The molecule has 2 aromatic carbocycles. The molecule has 0 saturated carbocycles. The van der Waals surface area contributed by atoms with Gasteiger partial charge in [-0.25, -0.2) is 4.79 Å². The number of carboxylic acid groups (broad SMARTS) is 1. The second-order valence-corrected chi connectivity index (χ2v) is 7.13. The highest BCUT2D eigenvalue weighted by Crippen LogP contribution is 2.28. The molecular formula is C25H27NO3. The number of hydrogen-bond acceptors (Lipinski definition) is 3. The maximum atomic E-state index is 11.2. The Balaban J connectivity index is 1.75. The highest BCUT2D eigenvalue weighted by Gasteiger charge is 2.14. The van der Waals surface area contributed by atoms with E-state index in [9.17, 15) is 9.90 Å². The maximum Gasteiger partial charge on any atom is 0.335 e. The average molecular weight is 389 g/mol. The van der Waals surface area contributed by atoms with Crippen molar-refractivity contribution in [2.45, 2.75) is 39.0 Å². The summed E-state index contributed by atoms with van der Waals surface area (Å²) in [5.41, 5.74) is 6.03. The van der Waals surface area contributed by atoms with Crippen LogP contribution in [0, 0.1) is 0 Å². The van der Waals surface area contributed by atoms with E-state index >= 15 is 0 Å². The van der Waals surface area contributed by atoms with E-state index in [0.717, 1.165) is 37.0 Å². The lowest BCUT2D eigenvalue weighted by atomic mass is 9.89. The number of allylic oxidation sites excluding steroid dienone is 4. The maximum absolute atomic E-state index is 11.2. The summed E-state index contributed by atoms with van der Waals surface area (Å²) in [6.45, 7) is 2.65. The van der Waals surface area contributed by atoms with E-state index in [1.807, 2.05) is 12.1 Å². The molecule has 0 bridgehead atoms. The van der Waals surface area contributed by atoms with Gasteiger partial charge >= 0.3 is 5.97 Å².